The number of aliphatic carboxylic acids is 2. The van der Waals surface area contributed by atoms with Crippen molar-refractivity contribution in [3.63, 3.8) is 0 Å². The highest BCUT2D eigenvalue weighted by molar-refractivity contribution is 5.95. The fourth-order valence-corrected chi connectivity index (χ4v) is 2.43. The lowest BCUT2D eigenvalue weighted by Crippen LogP contribution is -2.55. The molecule has 0 heterocycles. The van der Waals surface area contributed by atoms with Gasteiger partial charge in [0.2, 0.25) is 23.6 Å². The van der Waals surface area contributed by atoms with Gasteiger partial charge in [-0.3, -0.25) is 29.4 Å². The molecular weight excluding hydrogens is 460 g/mol. The lowest BCUT2D eigenvalue weighted by atomic mass is 10.1. The average molecular weight is 490 g/mol. The first-order chi connectivity index (χ1) is 15.9. The summed E-state index contributed by atoms with van der Waals surface area (Å²) in [5, 5.41) is 44.9. The van der Waals surface area contributed by atoms with Crippen molar-refractivity contribution in [3.05, 3.63) is 0 Å². The van der Waals surface area contributed by atoms with Crippen molar-refractivity contribution in [1.29, 1.82) is 5.41 Å². The SMILES string of the molecule is N=C(N)NCCCC(NC(=O)CN)C(=O)NCC(=O)NC(CC(=O)O)C(=O)NC(CO)C(=O)O. The van der Waals surface area contributed by atoms with Crippen LogP contribution in [0.1, 0.15) is 19.3 Å². The second kappa shape index (κ2) is 15.8. The topological polar surface area (TPSA) is 299 Å². The number of rotatable bonds is 16. The average Bonchev–Trinajstić information content (AvgIpc) is 2.76. The Bertz CT molecular complexity index is 776. The molecule has 13 N–H and O–H groups in total. The molecule has 0 aromatic rings. The van der Waals surface area contributed by atoms with Crippen molar-refractivity contribution in [2.24, 2.45) is 11.5 Å². The number of hydrogen-bond acceptors (Lipinski definition) is 9. The third kappa shape index (κ3) is 12.8. The number of carboxylic acids is 2. The van der Waals surface area contributed by atoms with E-state index >= 15 is 0 Å². The molecule has 0 saturated carbocycles. The molecular formula is C17H30N8O9. The van der Waals surface area contributed by atoms with E-state index in [-0.39, 0.29) is 18.9 Å². The number of nitrogens with two attached hydrogens (primary N) is 2. The quantitative estimate of drug-likeness (QED) is 0.0548. The van der Waals surface area contributed by atoms with E-state index in [1.165, 1.54) is 0 Å². The van der Waals surface area contributed by atoms with Crippen LogP contribution in [0.25, 0.3) is 0 Å². The molecule has 0 aliphatic rings. The number of nitrogens with one attached hydrogen (secondary N) is 6. The number of aliphatic hydroxyl groups is 1. The largest absolute Gasteiger partial charge is 0.481 e. The number of aliphatic hydroxyl groups excluding tert-OH is 1. The van der Waals surface area contributed by atoms with E-state index in [1.807, 2.05) is 5.32 Å². The van der Waals surface area contributed by atoms with Crippen molar-refractivity contribution >= 4 is 41.5 Å². The lowest BCUT2D eigenvalue weighted by Gasteiger charge is -2.20. The van der Waals surface area contributed by atoms with Crippen LogP contribution in [0.5, 0.6) is 0 Å². The van der Waals surface area contributed by atoms with Gasteiger partial charge in [-0.15, -0.1) is 0 Å². The Kier molecular flexibility index (Phi) is 13.9. The van der Waals surface area contributed by atoms with Crippen molar-refractivity contribution in [3.8, 4) is 0 Å². The molecule has 4 amide bonds. The van der Waals surface area contributed by atoms with E-state index in [0.29, 0.717) is 6.42 Å². The molecule has 0 aromatic carbocycles. The monoisotopic (exact) mass is 490 g/mol. The Morgan fingerprint density at radius 1 is 0.853 bits per heavy atom. The van der Waals surface area contributed by atoms with Gasteiger partial charge in [-0.1, -0.05) is 0 Å². The third-order valence-corrected chi connectivity index (χ3v) is 4.07. The summed E-state index contributed by atoms with van der Waals surface area (Å²) in [6.45, 7) is -1.84. The van der Waals surface area contributed by atoms with Crippen molar-refractivity contribution in [2.75, 3.05) is 26.2 Å². The minimum absolute atomic E-state index is 0.0985. The molecule has 0 rings (SSSR count). The van der Waals surface area contributed by atoms with Crippen LogP contribution in [0.15, 0.2) is 0 Å². The lowest BCUT2D eigenvalue weighted by molar-refractivity contribution is -0.144. The Balaban J connectivity index is 5.01. The van der Waals surface area contributed by atoms with E-state index in [4.69, 9.17) is 32.2 Å². The van der Waals surface area contributed by atoms with Gasteiger partial charge in [0.1, 0.15) is 18.1 Å². The molecule has 0 saturated heterocycles. The molecule has 3 atom stereocenters. The molecule has 0 spiro atoms. The van der Waals surface area contributed by atoms with Gasteiger partial charge < -0.3 is 53.4 Å². The number of guanidine groups is 1. The zero-order valence-electron chi connectivity index (χ0n) is 18.1. The highest BCUT2D eigenvalue weighted by atomic mass is 16.4. The summed E-state index contributed by atoms with van der Waals surface area (Å²) in [6.07, 6.45) is -0.492. The van der Waals surface area contributed by atoms with Crippen LogP contribution in [0.4, 0.5) is 0 Å². The van der Waals surface area contributed by atoms with E-state index in [1.54, 1.807) is 0 Å². The molecule has 192 valence electrons. The second-order valence-electron chi connectivity index (χ2n) is 6.82. The first-order valence-electron chi connectivity index (χ1n) is 9.91. The maximum atomic E-state index is 12.4. The Labute approximate surface area is 193 Å². The molecule has 17 heteroatoms. The van der Waals surface area contributed by atoms with E-state index in [2.05, 4.69) is 21.3 Å². The first kappa shape index (κ1) is 30.0. The predicted molar refractivity (Wildman–Crippen MR) is 114 cm³/mol. The van der Waals surface area contributed by atoms with E-state index in [0.717, 1.165) is 0 Å². The van der Waals surface area contributed by atoms with E-state index in [9.17, 15) is 28.8 Å². The summed E-state index contributed by atoms with van der Waals surface area (Å²) in [7, 11) is 0. The van der Waals surface area contributed by atoms with Gasteiger partial charge in [-0.05, 0) is 12.8 Å². The first-order valence-corrected chi connectivity index (χ1v) is 9.91. The van der Waals surface area contributed by atoms with Gasteiger partial charge >= 0.3 is 11.9 Å². The summed E-state index contributed by atoms with van der Waals surface area (Å²) >= 11 is 0. The van der Waals surface area contributed by atoms with Crippen LogP contribution >= 0.6 is 0 Å². The number of amides is 4. The molecule has 17 nitrogen and oxygen atoms in total. The van der Waals surface area contributed by atoms with Crippen LogP contribution in [0, 0.1) is 5.41 Å². The Morgan fingerprint density at radius 3 is 1.97 bits per heavy atom. The van der Waals surface area contributed by atoms with Gasteiger partial charge in [0.15, 0.2) is 5.96 Å². The zero-order chi connectivity index (χ0) is 26.3. The number of carbonyl (C=O) groups is 6. The number of carboxylic acid groups (broad SMARTS) is 2. The molecule has 0 aliphatic carbocycles. The highest BCUT2D eigenvalue weighted by Crippen LogP contribution is 1.98. The smallest absolute Gasteiger partial charge is 0.328 e. The highest BCUT2D eigenvalue weighted by Gasteiger charge is 2.28. The molecule has 0 radical (unpaired) electrons. The Morgan fingerprint density at radius 2 is 1.47 bits per heavy atom. The molecule has 34 heavy (non-hydrogen) atoms. The minimum Gasteiger partial charge on any atom is -0.481 e. The van der Waals surface area contributed by atoms with Gasteiger partial charge in [0, 0.05) is 6.54 Å². The van der Waals surface area contributed by atoms with Crippen LogP contribution in [0.3, 0.4) is 0 Å². The van der Waals surface area contributed by atoms with Crippen LogP contribution < -0.4 is 38.1 Å². The number of carbonyl (C=O) groups excluding carboxylic acids is 4. The van der Waals surface area contributed by atoms with Gasteiger partial charge in [0.25, 0.3) is 0 Å². The summed E-state index contributed by atoms with van der Waals surface area (Å²) in [4.78, 5) is 70.2. The van der Waals surface area contributed by atoms with Gasteiger partial charge in [0.05, 0.1) is 26.1 Å². The van der Waals surface area contributed by atoms with Crippen LogP contribution in [-0.4, -0.2) is 101 Å². The van der Waals surface area contributed by atoms with Crippen molar-refractivity contribution < 1.29 is 44.1 Å². The molecule has 3 unspecified atom stereocenters. The molecule has 0 fully saturated rings. The van der Waals surface area contributed by atoms with Gasteiger partial charge in [-0.2, -0.15) is 0 Å². The standard InChI is InChI=1S/C17H30N8O9/c18-5-11(27)23-8(2-1-3-21-17(19)20)14(31)22-6-12(28)24-9(4-13(29)30)15(32)25-10(7-26)16(33)34/h8-10,26H,1-7,18H2,(H,22,31)(H,23,27)(H,24,28)(H,25,32)(H,29,30)(H,33,34)(H4,19,20,21). The molecule has 0 aromatic heterocycles. The Hall–Kier alpha value is -3.99. The predicted octanol–water partition coefficient (Wildman–Crippen LogP) is -5.67. The normalized spacial score (nSPS) is 12.9. The molecule has 0 aliphatic heterocycles. The third-order valence-electron chi connectivity index (χ3n) is 4.07. The second-order valence-corrected chi connectivity index (χ2v) is 6.82. The zero-order valence-corrected chi connectivity index (χ0v) is 18.1. The van der Waals surface area contributed by atoms with Gasteiger partial charge in [-0.25, -0.2) is 4.79 Å². The van der Waals surface area contributed by atoms with Crippen LogP contribution in [0.2, 0.25) is 0 Å². The summed E-state index contributed by atoms with van der Waals surface area (Å²) in [5.74, 6) is -6.90. The fraction of sp³-hybridized carbons (Fsp3) is 0.588. The van der Waals surface area contributed by atoms with E-state index < -0.39 is 79.8 Å². The minimum atomic E-state index is -1.72. The van der Waals surface area contributed by atoms with Crippen molar-refractivity contribution in [1.82, 2.24) is 26.6 Å². The maximum absolute atomic E-state index is 12.4. The van der Waals surface area contributed by atoms with Crippen LogP contribution in [-0.2, 0) is 28.8 Å². The summed E-state index contributed by atoms with van der Waals surface area (Å²) in [6, 6.07) is -4.50. The number of hydrogen-bond donors (Lipinski definition) is 11. The summed E-state index contributed by atoms with van der Waals surface area (Å²) < 4.78 is 0. The van der Waals surface area contributed by atoms with Crippen molar-refractivity contribution in [2.45, 2.75) is 37.4 Å². The summed E-state index contributed by atoms with van der Waals surface area (Å²) in [5.41, 5.74) is 10.4. The maximum Gasteiger partial charge on any atom is 0.328 e. The molecule has 0 bridgehead atoms. The fourth-order valence-electron chi connectivity index (χ4n) is 2.43.